The fourth-order valence-electron chi connectivity index (χ4n) is 1.45. The van der Waals surface area contributed by atoms with Crippen molar-refractivity contribution in [3.63, 3.8) is 0 Å². The largest absolute Gasteiger partial charge is 0.473 e. The van der Waals surface area contributed by atoms with Gasteiger partial charge in [-0.2, -0.15) is 0 Å². The van der Waals surface area contributed by atoms with Crippen LogP contribution in [0.3, 0.4) is 0 Å². The Labute approximate surface area is 116 Å². The first-order chi connectivity index (χ1) is 9.59. The van der Waals surface area contributed by atoms with Crippen LogP contribution in [0.5, 0.6) is 0 Å². The second-order valence-corrected chi connectivity index (χ2v) is 3.88. The highest BCUT2D eigenvalue weighted by molar-refractivity contribution is 6.27. The van der Waals surface area contributed by atoms with Crippen LogP contribution in [0.1, 0.15) is 12.0 Å². The van der Waals surface area contributed by atoms with E-state index in [-0.39, 0.29) is 0 Å². The Hall–Kier alpha value is -2.63. The Kier molecular flexibility index (Phi) is 6.53. The standard InChI is InChI=1S/C12H14N2.C2H2O4/c1-2-5-11(6-3-1)7-4-8-12-13-9-10-14-12;3-1(4)2(5)6/h1-7H,8-10H2,(H,13,14);(H,3,4)(H,5,6)/b7-4+;. The Bertz CT molecular complexity index is 497. The molecule has 0 saturated carbocycles. The average Bonchev–Trinajstić information content (AvgIpc) is 2.94. The molecule has 6 heteroatoms. The summed E-state index contributed by atoms with van der Waals surface area (Å²) in [6, 6.07) is 10.3. The van der Waals surface area contributed by atoms with Crippen LogP contribution in [0.4, 0.5) is 0 Å². The third-order valence-corrected chi connectivity index (χ3v) is 2.35. The first kappa shape index (κ1) is 15.4. The third kappa shape index (κ3) is 6.34. The van der Waals surface area contributed by atoms with Gasteiger partial charge in [-0.25, -0.2) is 9.59 Å². The molecule has 0 saturated heterocycles. The first-order valence-corrected chi connectivity index (χ1v) is 6.04. The number of carbonyl (C=O) groups is 2. The summed E-state index contributed by atoms with van der Waals surface area (Å²) >= 11 is 0. The summed E-state index contributed by atoms with van der Waals surface area (Å²) in [6.45, 7) is 1.92. The van der Waals surface area contributed by atoms with E-state index in [0.29, 0.717) is 0 Å². The summed E-state index contributed by atoms with van der Waals surface area (Å²) in [4.78, 5) is 22.5. The van der Waals surface area contributed by atoms with Crippen LogP contribution in [0.2, 0.25) is 0 Å². The van der Waals surface area contributed by atoms with Gasteiger partial charge in [-0.1, -0.05) is 42.5 Å². The summed E-state index contributed by atoms with van der Waals surface area (Å²) < 4.78 is 0. The lowest BCUT2D eigenvalue weighted by Gasteiger charge is -1.96. The van der Waals surface area contributed by atoms with Crippen LogP contribution in [0, 0.1) is 0 Å². The molecular weight excluding hydrogens is 260 g/mol. The van der Waals surface area contributed by atoms with E-state index in [4.69, 9.17) is 19.8 Å². The molecule has 0 unspecified atom stereocenters. The molecule has 0 spiro atoms. The zero-order chi connectivity index (χ0) is 14.8. The number of nitrogens with zero attached hydrogens (tertiary/aromatic N) is 1. The smallest absolute Gasteiger partial charge is 0.414 e. The third-order valence-electron chi connectivity index (χ3n) is 2.35. The lowest BCUT2D eigenvalue weighted by Crippen LogP contribution is -2.17. The maximum absolute atomic E-state index is 9.10. The maximum atomic E-state index is 9.10. The van der Waals surface area contributed by atoms with Gasteiger partial charge in [-0.3, -0.25) is 4.99 Å². The van der Waals surface area contributed by atoms with Gasteiger partial charge in [-0.05, 0) is 5.56 Å². The van der Waals surface area contributed by atoms with E-state index < -0.39 is 11.9 Å². The molecule has 0 aromatic heterocycles. The van der Waals surface area contributed by atoms with E-state index >= 15 is 0 Å². The summed E-state index contributed by atoms with van der Waals surface area (Å²) in [7, 11) is 0. The van der Waals surface area contributed by atoms with Gasteiger partial charge in [0.15, 0.2) is 0 Å². The quantitative estimate of drug-likeness (QED) is 0.721. The number of rotatable bonds is 3. The molecule has 0 amide bonds. The van der Waals surface area contributed by atoms with Crippen molar-refractivity contribution in [2.45, 2.75) is 6.42 Å². The lowest BCUT2D eigenvalue weighted by molar-refractivity contribution is -0.159. The SMILES string of the molecule is C(=C\c1ccccc1)/CC1=NCCN1.O=C(O)C(=O)O. The number of hydrogen-bond donors (Lipinski definition) is 3. The molecule has 20 heavy (non-hydrogen) atoms. The number of carboxylic acid groups (broad SMARTS) is 2. The van der Waals surface area contributed by atoms with Gasteiger partial charge in [0, 0.05) is 13.0 Å². The summed E-state index contributed by atoms with van der Waals surface area (Å²) in [5.74, 6) is -2.54. The van der Waals surface area contributed by atoms with Gasteiger partial charge in [0.05, 0.1) is 6.54 Å². The van der Waals surface area contributed by atoms with Crippen LogP contribution in [0.25, 0.3) is 6.08 Å². The van der Waals surface area contributed by atoms with Crippen molar-refractivity contribution in [2.75, 3.05) is 13.1 Å². The highest BCUT2D eigenvalue weighted by atomic mass is 16.4. The predicted octanol–water partition coefficient (Wildman–Crippen LogP) is 1.25. The van der Waals surface area contributed by atoms with E-state index in [1.807, 2.05) is 18.2 Å². The van der Waals surface area contributed by atoms with Gasteiger partial charge >= 0.3 is 11.9 Å². The van der Waals surface area contributed by atoms with Crippen LogP contribution in [0.15, 0.2) is 41.4 Å². The van der Waals surface area contributed by atoms with Crippen molar-refractivity contribution in [1.82, 2.24) is 5.32 Å². The minimum Gasteiger partial charge on any atom is -0.473 e. The maximum Gasteiger partial charge on any atom is 0.414 e. The van der Waals surface area contributed by atoms with Crippen molar-refractivity contribution >= 4 is 23.9 Å². The minimum atomic E-state index is -1.82. The Morgan fingerprint density at radius 2 is 1.85 bits per heavy atom. The topological polar surface area (TPSA) is 99.0 Å². The molecule has 1 aliphatic rings. The van der Waals surface area contributed by atoms with Crippen molar-refractivity contribution < 1.29 is 19.8 Å². The molecule has 1 aliphatic heterocycles. The number of carboxylic acids is 2. The molecule has 6 nitrogen and oxygen atoms in total. The van der Waals surface area contributed by atoms with Crippen LogP contribution in [-0.2, 0) is 9.59 Å². The van der Waals surface area contributed by atoms with Gasteiger partial charge in [-0.15, -0.1) is 0 Å². The number of benzene rings is 1. The van der Waals surface area contributed by atoms with E-state index in [9.17, 15) is 0 Å². The molecule has 0 fully saturated rings. The number of aliphatic carboxylic acids is 2. The molecule has 2 rings (SSSR count). The summed E-state index contributed by atoms with van der Waals surface area (Å²) in [5.41, 5.74) is 1.24. The van der Waals surface area contributed by atoms with Crippen LogP contribution < -0.4 is 5.32 Å². The predicted molar refractivity (Wildman–Crippen MR) is 75.7 cm³/mol. The van der Waals surface area contributed by atoms with Crippen LogP contribution >= 0.6 is 0 Å². The lowest BCUT2D eigenvalue weighted by atomic mass is 10.2. The Morgan fingerprint density at radius 1 is 1.20 bits per heavy atom. The number of aliphatic imine (C=N–C) groups is 1. The van der Waals surface area contributed by atoms with Crippen molar-refractivity contribution in [2.24, 2.45) is 4.99 Å². The molecule has 0 radical (unpaired) electrons. The van der Waals surface area contributed by atoms with Gasteiger partial charge in [0.1, 0.15) is 5.84 Å². The van der Waals surface area contributed by atoms with Gasteiger partial charge in [0.25, 0.3) is 0 Å². The van der Waals surface area contributed by atoms with E-state index in [2.05, 4.69) is 34.6 Å². The zero-order valence-corrected chi connectivity index (χ0v) is 10.8. The average molecular weight is 276 g/mol. The highest BCUT2D eigenvalue weighted by Crippen LogP contribution is 2.02. The second-order valence-electron chi connectivity index (χ2n) is 3.88. The molecule has 1 aromatic rings. The Morgan fingerprint density at radius 3 is 2.35 bits per heavy atom. The monoisotopic (exact) mass is 276 g/mol. The van der Waals surface area contributed by atoms with Crippen molar-refractivity contribution in [3.8, 4) is 0 Å². The summed E-state index contributed by atoms with van der Waals surface area (Å²) in [6.07, 6.45) is 5.18. The zero-order valence-electron chi connectivity index (χ0n) is 10.8. The van der Waals surface area contributed by atoms with Gasteiger partial charge < -0.3 is 15.5 Å². The molecule has 3 N–H and O–H groups in total. The second kappa shape index (κ2) is 8.47. The van der Waals surface area contributed by atoms with Crippen molar-refractivity contribution in [3.05, 3.63) is 42.0 Å². The molecule has 0 aliphatic carbocycles. The summed E-state index contributed by atoms with van der Waals surface area (Å²) in [5, 5.41) is 18.0. The fourth-order valence-corrected chi connectivity index (χ4v) is 1.45. The molecular formula is C14H16N2O4. The molecule has 106 valence electrons. The first-order valence-electron chi connectivity index (χ1n) is 6.04. The fraction of sp³-hybridized carbons (Fsp3) is 0.214. The molecule has 1 heterocycles. The van der Waals surface area contributed by atoms with Gasteiger partial charge in [0.2, 0.25) is 0 Å². The Balaban J connectivity index is 0.000000286. The van der Waals surface area contributed by atoms with Crippen molar-refractivity contribution in [1.29, 1.82) is 0 Å². The molecule has 1 aromatic carbocycles. The van der Waals surface area contributed by atoms with E-state index in [1.54, 1.807) is 0 Å². The normalized spacial score (nSPS) is 13.1. The molecule has 0 atom stereocenters. The number of amidine groups is 1. The highest BCUT2D eigenvalue weighted by Gasteiger charge is 2.04. The van der Waals surface area contributed by atoms with E-state index in [0.717, 1.165) is 25.3 Å². The minimum absolute atomic E-state index is 0.912. The number of nitrogens with one attached hydrogen (secondary N) is 1. The number of hydrogen-bond acceptors (Lipinski definition) is 4. The molecule has 0 bridgehead atoms. The van der Waals surface area contributed by atoms with E-state index in [1.165, 1.54) is 5.56 Å². The van der Waals surface area contributed by atoms with Crippen LogP contribution in [-0.4, -0.2) is 41.1 Å².